The molecule has 0 bridgehead atoms. The maximum Gasteiger partial charge on any atom is 0.251 e. The molecule has 0 aliphatic rings. The van der Waals surface area contributed by atoms with Crippen molar-refractivity contribution in [1.29, 1.82) is 0 Å². The van der Waals surface area contributed by atoms with Gasteiger partial charge in [-0.1, -0.05) is 36.4 Å². The first kappa shape index (κ1) is 25.3. The topological polar surface area (TPSA) is 75.7 Å². The quantitative estimate of drug-likeness (QED) is 0.429. The molecule has 34 heavy (non-hydrogen) atoms. The van der Waals surface area contributed by atoms with Crippen molar-refractivity contribution in [2.45, 2.75) is 33.2 Å². The highest BCUT2D eigenvalue weighted by molar-refractivity contribution is 7.92. The van der Waals surface area contributed by atoms with E-state index in [1.165, 1.54) is 10.6 Å². The minimum absolute atomic E-state index is 0.147. The summed E-state index contributed by atoms with van der Waals surface area (Å²) in [4.78, 5) is 12.5. The Hall–Kier alpha value is -3.32. The van der Waals surface area contributed by atoms with E-state index in [4.69, 9.17) is 4.74 Å². The van der Waals surface area contributed by atoms with E-state index in [0.717, 1.165) is 40.8 Å². The number of carbonyl (C=O) groups is 1. The van der Waals surface area contributed by atoms with Gasteiger partial charge in [0, 0.05) is 12.1 Å². The predicted molar refractivity (Wildman–Crippen MR) is 137 cm³/mol. The SMILES string of the molecule is COc1cccc(CCCNC(=O)c2ccc(CN(c3cc(C)ccc3C)S(C)(=O)=O)cc2)c1. The summed E-state index contributed by atoms with van der Waals surface area (Å²) in [5.74, 6) is 0.681. The van der Waals surface area contributed by atoms with Gasteiger partial charge >= 0.3 is 0 Å². The second-order valence-electron chi connectivity index (χ2n) is 8.47. The number of sulfonamides is 1. The first-order valence-electron chi connectivity index (χ1n) is 11.2. The van der Waals surface area contributed by atoms with Crippen molar-refractivity contribution in [1.82, 2.24) is 5.32 Å². The molecule has 0 heterocycles. The minimum Gasteiger partial charge on any atom is -0.497 e. The lowest BCUT2D eigenvalue weighted by atomic mass is 10.1. The van der Waals surface area contributed by atoms with E-state index in [1.54, 1.807) is 31.4 Å². The molecule has 0 aliphatic carbocycles. The van der Waals surface area contributed by atoms with Gasteiger partial charge in [-0.25, -0.2) is 8.42 Å². The fourth-order valence-corrected chi connectivity index (χ4v) is 4.66. The number of methoxy groups -OCH3 is 1. The summed E-state index contributed by atoms with van der Waals surface area (Å²) in [6.45, 7) is 4.60. The molecule has 1 amide bonds. The number of nitrogens with one attached hydrogen (secondary N) is 1. The van der Waals surface area contributed by atoms with Crippen LogP contribution in [0.3, 0.4) is 0 Å². The van der Waals surface area contributed by atoms with Gasteiger partial charge in [0.2, 0.25) is 10.0 Å². The normalized spacial score (nSPS) is 11.2. The van der Waals surface area contributed by atoms with E-state index in [2.05, 4.69) is 5.32 Å². The predicted octanol–water partition coefficient (Wildman–Crippen LogP) is 4.64. The molecule has 1 N–H and O–H groups in total. The Morgan fingerprint density at radius 1 is 0.971 bits per heavy atom. The zero-order valence-corrected chi connectivity index (χ0v) is 21.0. The number of anilines is 1. The molecule has 3 rings (SSSR count). The van der Waals surface area contributed by atoms with Crippen LogP contribution < -0.4 is 14.4 Å². The fraction of sp³-hybridized carbons (Fsp3) is 0.296. The third-order valence-corrected chi connectivity index (χ3v) is 6.76. The van der Waals surface area contributed by atoms with Crippen molar-refractivity contribution in [3.63, 3.8) is 0 Å². The van der Waals surface area contributed by atoms with E-state index < -0.39 is 10.0 Å². The molecular weight excluding hydrogens is 448 g/mol. The first-order valence-corrected chi connectivity index (χ1v) is 13.1. The number of hydrogen-bond donors (Lipinski definition) is 1. The molecule has 0 saturated carbocycles. The summed E-state index contributed by atoms with van der Waals surface area (Å²) in [5.41, 5.74) is 5.06. The molecule has 0 spiro atoms. The summed E-state index contributed by atoms with van der Waals surface area (Å²) in [6, 6.07) is 20.7. The molecule has 0 fully saturated rings. The highest BCUT2D eigenvalue weighted by Crippen LogP contribution is 2.26. The molecule has 0 atom stereocenters. The molecule has 0 aromatic heterocycles. The monoisotopic (exact) mass is 480 g/mol. The minimum atomic E-state index is -3.48. The summed E-state index contributed by atoms with van der Waals surface area (Å²) in [5, 5.41) is 2.95. The molecule has 7 heteroatoms. The molecule has 3 aromatic rings. The number of benzene rings is 3. The molecule has 0 unspecified atom stereocenters. The largest absolute Gasteiger partial charge is 0.497 e. The van der Waals surface area contributed by atoms with E-state index in [0.29, 0.717) is 17.8 Å². The molecule has 6 nitrogen and oxygen atoms in total. The van der Waals surface area contributed by atoms with Crippen LogP contribution in [0.4, 0.5) is 5.69 Å². The molecule has 0 radical (unpaired) electrons. The van der Waals surface area contributed by atoms with Gasteiger partial charge in [0.25, 0.3) is 5.91 Å². The molecular formula is C27H32N2O4S. The van der Waals surface area contributed by atoms with E-state index in [9.17, 15) is 13.2 Å². The number of carbonyl (C=O) groups excluding carboxylic acids is 1. The summed E-state index contributed by atoms with van der Waals surface area (Å²) < 4.78 is 31.7. The van der Waals surface area contributed by atoms with Crippen LogP contribution in [0.1, 0.15) is 39.0 Å². The van der Waals surface area contributed by atoms with Gasteiger partial charge in [-0.05, 0) is 79.3 Å². The Bertz CT molecular complexity index is 1240. The lowest BCUT2D eigenvalue weighted by Gasteiger charge is -2.25. The summed E-state index contributed by atoms with van der Waals surface area (Å²) in [6.07, 6.45) is 2.87. The number of nitrogens with zero attached hydrogens (tertiary/aromatic N) is 1. The van der Waals surface area contributed by atoms with Crippen LogP contribution in [0.5, 0.6) is 5.75 Å². The third-order valence-electron chi connectivity index (χ3n) is 5.64. The first-order chi connectivity index (χ1) is 16.2. The van der Waals surface area contributed by atoms with Crippen molar-refractivity contribution in [3.05, 3.63) is 94.5 Å². The average molecular weight is 481 g/mol. The van der Waals surface area contributed by atoms with Crippen LogP contribution in [0.25, 0.3) is 0 Å². The van der Waals surface area contributed by atoms with Gasteiger partial charge in [-0.3, -0.25) is 9.10 Å². The second-order valence-corrected chi connectivity index (χ2v) is 10.4. The van der Waals surface area contributed by atoms with Gasteiger partial charge in [-0.2, -0.15) is 0 Å². The van der Waals surface area contributed by atoms with Crippen LogP contribution in [-0.4, -0.2) is 34.2 Å². The summed E-state index contributed by atoms with van der Waals surface area (Å²) in [7, 11) is -1.83. The van der Waals surface area contributed by atoms with Crippen LogP contribution in [0.15, 0.2) is 66.7 Å². The smallest absolute Gasteiger partial charge is 0.251 e. The van der Waals surface area contributed by atoms with Gasteiger partial charge < -0.3 is 10.1 Å². The van der Waals surface area contributed by atoms with Gasteiger partial charge in [0.05, 0.1) is 25.6 Å². The van der Waals surface area contributed by atoms with Crippen LogP contribution >= 0.6 is 0 Å². The van der Waals surface area contributed by atoms with Crippen molar-refractivity contribution < 1.29 is 17.9 Å². The standard InChI is InChI=1S/C27H32N2O4S/c1-20-10-11-21(2)26(17-20)29(34(4,31)32)19-23-12-14-24(15-13-23)27(30)28-16-6-8-22-7-5-9-25(18-22)33-3/h5,7,9-15,17-18H,6,8,16,19H2,1-4H3,(H,28,30). The molecule has 0 aliphatic heterocycles. The van der Waals surface area contributed by atoms with E-state index in [1.807, 2.05) is 56.3 Å². The molecule has 3 aromatic carbocycles. The van der Waals surface area contributed by atoms with Crippen LogP contribution in [0, 0.1) is 13.8 Å². The Balaban J connectivity index is 1.59. The lowest BCUT2D eigenvalue weighted by molar-refractivity contribution is 0.0953. The second kappa shape index (κ2) is 11.2. The lowest BCUT2D eigenvalue weighted by Crippen LogP contribution is -2.30. The number of amides is 1. The number of ether oxygens (including phenoxy) is 1. The molecule has 180 valence electrons. The Kier molecular flexibility index (Phi) is 8.34. The van der Waals surface area contributed by atoms with Crippen molar-refractivity contribution in [2.75, 3.05) is 24.2 Å². The number of aryl methyl sites for hydroxylation is 3. The van der Waals surface area contributed by atoms with Gasteiger partial charge in [0.15, 0.2) is 0 Å². The number of hydrogen-bond acceptors (Lipinski definition) is 4. The highest BCUT2D eigenvalue weighted by atomic mass is 32.2. The third kappa shape index (κ3) is 6.84. The van der Waals surface area contributed by atoms with E-state index in [-0.39, 0.29) is 12.5 Å². The van der Waals surface area contributed by atoms with Crippen molar-refractivity contribution in [2.24, 2.45) is 0 Å². The maximum atomic E-state index is 12.5. The highest BCUT2D eigenvalue weighted by Gasteiger charge is 2.20. The van der Waals surface area contributed by atoms with Crippen molar-refractivity contribution >= 4 is 21.6 Å². The van der Waals surface area contributed by atoms with Crippen LogP contribution in [0.2, 0.25) is 0 Å². The fourth-order valence-electron chi connectivity index (χ4n) is 3.72. The van der Waals surface area contributed by atoms with Gasteiger partial charge in [-0.15, -0.1) is 0 Å². The zero-order valence-electron chi connectivity index (χ0n) is 20.2. The Morgan fingerprint density at radius 3 is 2.38 bits per heavy atom. The van der Waals surface area contributed by atoms with Crippen molar-refractivity contribution in [3.8, 4) is 5.75 Å². The van der Waals surface area contributed by atoms with E-state index >= 15 is 0 Å². The number of rotatable bonds is 10. The van der Waals surface area contributed by atoms with Crippen LogP contribution in [-0.2, 0) is 23.0 Å². The zero-order chi connectivity index (χ0) is 24.7. The molecule has 0 saturated heterocycles. The average Bonchev–Trinajstić information content (AvgIpc) is 2.81. The van der Waals surface area contributed by atoms with Gasteiger partial charge in [0.1, 0.15) is 5.75 Å². The summed E-state index contributed by atoms with van der Waals surface area (Å²) >= 11 is 0. The Labute approximate surface area is 202 Å². The Morgan fingerprint density at radius 2 is 1.71 bits per heavy atom. The maximum absolute atomic E-state index is 12.5.